The molecule has 0 fully saturated rings. The van der Waals surface area contributed by atoms with Crippen molar-refractivity contribution in [1.29, 1.82) is 0 Å². The van der Waals surface area contributed by atoms with Crippen LogP contribution in [0.4, 0.5) is 23.7 Å². The van der Waals surface area contributed by atoms with E-state index in [1.54, 1.807) is 4.90 Å². The van der Waals surface area contributed by atoms with E-state index in [1.807, 2.05) is 67.6 Å². The maximum atomic E-state index is 13.4. The number of amides is 2. The molecule has 0 bridgehead atoms. The standard InChI is InChI=1S/C31H29F3N2O/c1-23-10-8-9-15-29(23)35-30(37)36(22-24-16-18-27(19-17-24)31(32,33)34)21-20-28(25-11-4-2-5-12-25)26-13-6-3-7-14-26/h2-19,28H,20-22H2,1H3,(H,35,37). The molecule has 3 nitrogen and oxygen atoms in total. The molecular weight excluding hydrogens is 473 g/mol. The molecule has 0 unspecified atom stereocenters. The van der Waals surface area contributed by atoms with E-state index >= 15 is 0 Å². The van der Waals surface area contributed by atoms with Crippen molar-refractivity contribution in [1.82, 2.24) is 4.90 Å². The summed E-state index contributed by atoms with van der Waals surface area (Å²) in [6, 6.07) is 32.4. The molecule has 0 aromatic heterocycles. The summed E-state index contributed by atoms with van der Waals surface area (Å²) in [6.07, 6.45) is -3.76. The molecule has 190 valence electrons. The molecule has 4 rings (SSSR count). The molecule has 0 atom stereocenters. The van der Waals surface area contributed by atoms with Gasteiger partial charge in [0.25, 0.3) is 0 Å². The van der Waals surface area contributed by atoms with E-state index in [0.717, 1.165) is 28.8 Å². The minimum atomic E-state index is -4.40. The van der Waals surface area contributed by atoms with E-state index < -0.39 is 11.7 Å². The van der Waals surface area contributed by atoms with Gasteiger partial charge in [-0.3, -0.25) is 0 Å². The molecule has 37 heavy (non-hydrogen) atoms. The Hall–Kier alpha value is -4.06. The minimum absolute atomic E-state index is 0.0590. The van der Waals surface area contributed by atoms with Gasteiger partial charge in [0.2, 0.25) is 0 Å². The van der Waals surface area contributed by atoms with E-state index in [-0.39, 0.29) is 18.5 Å². The molecule has 0 aliphatic heterocycles. The van der Waals surface area contributed by atoms with Crippen molar-refractivity contribution < 1.29 is 18.0 Å². The van der Waals surface area contributed by atoms with E-state index in [0.29, 0.717) is 24.2 Å². The number of rotatable bonds is 8. The van der Waals surface area contributed by atoms with Gasteiger partial charge in [-0.1, -0.05) is 91.0 Å². The van der Waals surface area contributed by atoms with Crippen LogP contribution in [-0.2, 0) is 12.7 Å². The van der Waals surface area contributed by atoms with Crippen molar-refractivity contribution in [3.63, 3.8) is 0 Å². The van der Waals surface area contributed by atoms with E-state index in [9.17, 15) is 18.0 Å². The second-order valence-electron chi connectivity index (χ2n) is 9.02. The van der Waals surface area contributed by atoms with Gasteiger partial charge in [-0.05, 0) is 53.8 Å². The van der Waals surface area contributed by atoms with Crippen LogP contribution in [0.2, 0.25) is 0 Å². The zero-order valence-corrected chi connectivity index (χ0v) is 20.6. The molecule has 0 saturated heterocycles. The average molecular weight is 503 g/mol. The van der Waals surface area contributed by atoms with Crippen LogP contribution in [0.3, 0.4) is 0 Å². The average Bonchev–Trinajstić information content (AvgIpc) is 2.90. The zero-order chi connectivity index (χ0) is 26.3. The largest absolute Gasteiger partial charge is 0.416 e. The Balaban J connectivity index is 1.58. The number of carbonyl (C=O) groups excluding carboxylic acids is 1. The number of nitrogens with one attached hydrogen (secondary N) is 1. The summed E-state index contributed by atoms with van der Waals surface area (Å²) in [5.74, 6) is 0.0590. The van der Waals surface area contributed by atoms with Gasteiger partial charge in [0.05, 0.1) is 5.56 Å². The maximum Gasteiger partial charge on any atom is 0.416 e. The fraction of sp³-hybridized carbons (Fsp3) is 0.194. The van der Waals surface area contributed by atoms with Crippen LogP contribution in [0.15, 0.2) is 109 Å². The first kappa shape index (κ1) is 26.0. The van der Waals surface area contributed by atoms with Crippen LogP contribution in [0, 0.1) is 6.92 Å². The Kier molecular flexibility index (Phi) is 8.29. The molecule has 0 heterocycles. The molecule has 0 aliphatic carbocycles. The highest BCUT2D eigenvalue weighted by atomic mass is 19.4. The topological polar surface area (TPSA) is 32.3 Å². The molecule has 0 spiro atoms. The molecule has 0 radical (unpaired) electrons. The number of carbonyl (C=O) groups is 1. The van der Waals surface area contributed by atoms with Gasteiger partial charge < -0.3 is 10.2 Å². The predicted molar refractivity (Wildman–Crippen MR) is 141 cm³/mol. The lowest BCUT2D eigenvalue weighted by Gasteiger charge is -2.27. The summed E-state index contributed by atoms with van der Waals surface area (Å²) >= 11 is 0. The van der Waals surface area contributed by atoms with Gasteiger partial charge >= 0.3 is 12.2 Å². The summed E-state index contributed by atoms with van der Waals surface area (Å²) < 4.78 is 39.1. The van der Waals surface area contributed by atoms with Crippen molar-refractivity contribution in [2.45, 2.75) is 32.0 Å². The Morgan fingerprint density at radius 1 is 0.784 bits per heavy atom. The summed E-state index contributed by atoms with van der Waals surface area (Å²) in [5, 5.41) is 2.98. The third kappa shape index (κ3) is 7.00. The lowest BCUT2D eigenvalue weighted by atomic mass is 9.88. The molecule has 0 saturated carbocycles. The molecule has 1 N–H and O–H groups in total. The SMILES string of the molecule is Cc1ccccc1NC(=O)N(CCC(c1ccccc1)c1ccccc1)Cc1ccc(C(F)(F)F)cc1. The van der Waals surface area contributed by atoms with Gasteiger partial charge in [0.15, 0.2) is 0 Å². The number of hydrogen-bond donors (Lipinski definition) is 1. The number of aryl methyl sites for hydroxylation is 1. The first-order valence-electron chi connectivity index (χ1n) is 12.2. The number of alkyl halides is 3. The number of para-hydroxylation sites is 1. The van der Waals surface area contributed by atoms with Gasteiger partial charge in [-0.2, -0.15) is 13.2 Å². The van der Waals surface area contributed by atoms with E-state index in [2.05, 4.69) is 29.6 Å². The summed E-state index contributed by atoms with van der Waals surface area (Å²) in [6.45, 7) is 2.51. The number of hydrogen-bond acceptors (Lipinski definition) is 1. The fourth-order valence-electron chi connectivity index (χ4n) is 4.36. The maximum absolute atomic E-state index is 13.4. The van der Waals surface area contributed by atoms with Crippen LogP contribution < -0.4 is 5.32 Å². The minimum Gasteiger partial charge on any atom is -0.320 e. The second kappa shape index (κ2) is 11.8. The number of benzene rings is 4. The summed E-state index contributed by atoms with van der Waals surface area (Å²) in [7, 11) is 0. The molecule has 0 aliphatic rings. The smallest absolute Gasteiger partial charge is 0.320 e. The highest BCUT2D eigenvalue weighted by Crippen LogP contribution is 2.30. The zero-order valence-electron chi connectivity index (χ0n) is 20.6. The monoisotopic (exact) mass is 502 g/mol. The van der Waals surface area contributed by atoms with Gasteiger partial charge in [-0.15, -0.1) is 0 Å². The molecule has 2 amide bonds. The lowest BCUT2D eigenvalue weighted by Crippen LogP contribution is -2.36. The Morgan fingerprint density at radius 3 is 1.86 bits per heavy atom. The number of nitrogens with zero attached hydrogens (tertiary/aromatic N) is 1. The van der Waals surface area contributed by atoms with Crippen LogP contribution in [0.5, 0.6) is 0 Å². The predicted octanol–water partition coefficient (Wildman–Crippen LogP) is 8.27. The number of anilines is 1. The second-order valence-corrected chi connectivity index (χ2v) is 9.02. The Morgan fingerprint density at radius 2 is 1.32 bits per heavy atom. The van der Waals surface area contributed by atoms with Gasteiger partial charge in [0, 0.05) is 24.7 Å². The summed E-state index contributed by atoms with van der Waals surface area (Å²) in [4.78, 5) is 15.1. The van der Waals surface area contributed by atoms with Crippen LogP contribution in [0.1, 0.15) is 40.2 Å². The van der Waals surface area contributed by atoms with Crippen molar-refractivity contribution in [2.75, 3.05) is 11.9 Å². The van der Waals surface area contributed by atoms with Crippen molar-refractivity contribution in [3.05, 3.63) is 137 Å². The number of urea groups is 1. The molecule has 4 aromatic rings. The van der Waals surface area contributed by atoms with Crippen LogP contribution in [-0.4, -0.2) is 17.5 Å². The normalized spacial score (nSPS) is 11.4. The van der Waals surface area contributed by atoms with E-state index in [4.69, 9.17) is 0 Å². The van der Waals surface area contributed by atoms with Crippen molar-refractivity contribution in [2.24, 2.45) is 0 Å². The third-order valence-electron chi connectivity index (χ3n) is 6.42. The van der Waals surface area contributed by atoms with Crippen molar-refractivity contribution >= 4 is 11.7 Å². The molecule has 4 aromatic carbocycles. The quantitative estimate of drug-likeness (QED) is 0.258. The third-order valence-corrected chi connectivity index (χ3v) is 6.42. The molecule has 6 heteroatoms. The highest BCUT2D eigenvalue weighted by molar-refractivity contribution is 5.90. The van der Waals surface area contributed by atoms with Crippen LogP contribution >= 0.6 is 0 Å². The first-order chi connectivity index (χ1) is 17.8. The Bertz CT molecular complexity index is 1250. The molecular formula is C31H29F3N2O. The van der Waals surface area contributed by atoms with Crippen LogP contribution in [0.25, 0.3) is 0 Å². The summed E-state index contributed by atoms with van der Waals surface area (Å²) in [5.41, 5.74) is 3.83. The Labute approximate surface area is 215 Å². The van der Waals surface area contributed by atoms with Gasteiger partial charge in [-0.25, -0.2) is 4.79 Å². The van der Waals surface area contributed by atoms with Gasteiger partial charge in [0.1, 0.15) is 0 Å². The van der Waals surface area contributed by atoms with E-state index in [1.165, 1.54) is 12.1 Å². The lowest BCUT2D eigenvalue weighted by molar-refractivity contribution is -0.137. The fourth-order valence-corrected chi connectivity index (χ4v) is 4.36. The highest BCUT2D eigenvalue weighted by Gasteiger charge is 2.30. The van der Waals surface area contributed by atoms with Crippen molar-refractivity contribution in [3.8, 4) is 0 Å². The number of halogens is 3. The first-order valence-corrected chi connectivity index (χ1v) is 12.2.